The highest BCUT2D eigenvalue weighted by molar-refractivity contribution is 7.21. The van der Waals surface area contributed by atoms with Crippen LogP contribution in [0.3, 0.4) is 0 Å². The molecule has 2 N–H and O–H groups in total. The maximum absolute atomic E-state index is 13.7. The zero-order valence-corrected chi connectivity index (χ0v) is 21.9. The molecule has 0 bridgehead atoms. The van der Waals surface area contributed by atoms with Crippen molar-refractivity contribution in [1.29, 1.82) is 0 Å². The number of pyridine rings is 1. The van der Waals surface area contributed by atoms with E-state index >= 15 is 0 Å². The molecule has 2 aromatic carbocycles. The van der Waals surface area contributed by atoms with Crippen LogP contribution in [-0.4, -0.2) is 51.0 Å². The number of benzene rings is 2. The molecule has 0 spiro atoms. The number of thiazole rings is 1. The molecule has 5 aromatic rings. The molecular formula is C29H27N7OS. The molecule has 190 valence electrons. The third kappa shape index (κ3) is 4.98. The van der Waals surface area contributed by atoms with E-state index in [1.165, 1.54) is 11.3 Å². The molecule has 1 amide bonds. The lowest BCUT2D eigenvalue weighted by molar-refractivity contribution is 0.102. The minimum absolute atomic E-state index is 0.297. The minimum Gasteiger partial charge on any atom is -0.353 e. The van der Waals surface area contributed by atoms with E-state index in [1.807, 2.05) is 66.7 Å². The second-order valence-electron chi connectivity index (χ2n) is 9.52. The Labute approximate surface area is 224 Å². The van der Waals surface area contributed by atoms with Crippen LogP contribution in [0.5, 0.6) is 0 Å². The number of nitrogens with zero attached hydrogens (tertiary/aromatic N) is 5. The van der Waals surface area contributed by atoms with E-state index in [1.54, 1.807) is 12.3 Å². The number of para-hydroxylation sites is 1. The van der Waals surface area contributed by atoms with E-state index in [0.717, 1.165) is 45.4 Å². The van der Waals surface area contributed by atoms with Gasteiger partial charge in [0.2, 0.25) is 0 Å². The van der Waals surface area contributed by atoms with Gasteiger partial charge in [0.15, 0.2) is 5.82 Å². The Kier molecular flexibility index (Phi) is 6.53. The first-order valence-corrected chi connectivity index (χ1v) is 13.4. The number of nitrogens with one attached hydrogen (secondary N) is 2. The third-order valence-electron chi connectivity index (χ3n) is 6.43. The van der Waals surface area contributed by atoms with E-state index in [9.17, 15) is 4.79 Å². The molecule has 1 fully saturated rings. The average Bonchev–Trinajstić information content (AvgIpc) is 3.37. The van der Waals surface area contributed by atoms with Gasteiger partial charge in [0.25, 0.3) is 5.91 Å². The van der Waals surface area contributed by atoms with Crippen molar-refractivity contribution in [1.82, 2.24) is 25.3 Å². The van der Waals surface area contributed by atoms with Gasteiger partial charge in [-0.1, -0.05) is 53.8 Å². The molecule has 2 atom stereocenters. The third-order valence-corrected chi connectivity index (χ3v) is 7.44. The van der Waals surface area contributed by atoms with E-state index < -0.39 is 0 Å². The van der Waals surface area contributed by atoms with Gasteiger partial charge in [-0.25, -0.2) is 19.9 Å². The van der Waals surface area contributed by atoms with Gasteiger partial charge in [0, 0.05) is 48.6 Å². The Morgan fingerprint density at radius 3 is 2.50 bits per heavy atom. The minimum atomic E-state index is -0.297. The van der Waals surface area contributed by atoms with Crippen LogP contribution in [0.25, 0.3) is 32.3 Å². The highest BCUT2D eigenvalue weighted by Crippen LogP contribution is 2.34. The zero-order chi connectivity index (χ0) is 26.1. The van der Waals surface area contributed by atoms with Gasteiger partial charge in [-0.15, -0.1) is 0 Å². The molecule has 8 nitrogen and oxygen atoms in total. The number of rotatable bonds is 5. The first kappa shape index (κ1) is 24.1. The fraction of sp³-hybridized carbons (Fsp3) is 0.207. The van der Waals surface area contributed by atoms with Crippen LogP contribution in [0.4, 0.5) is 11.5 Å². The van der Waals surface area contributed by atoms with Gasteiger partial charge in [0.1, 0.15) is 26.9 Å². The summed E-state index contributed by atoms with van der Waals surface area (Å²) in [5.41, 5.74) is 3.52. The van der Waals surface area contributed by atoms with Crippen molar-refractivity contribution in [2.24, 2.45) is 0 Å². The van der Waals surface area contributed by atoms with Crippen LogP contribution in [-0.2, 0) is 0 Å². The Balaban J connectivity index is 1.36. The number of carbonyl (C=O) groups excluding carboxylic acids is 1. The predicted molar refractivity (Wildman–Crippen MR) is 153 cm³/mol. The summed E-state index contributed by atoms with van der Waals surface area (Å²) < 4.78 is 0. The quantitative estimate of drug-likeness (QED) is 0.326. The molecule has 0 aliphatic carbocycles. The lowest BCUT2D eigenvalue weighted by Crippen LogP contribution is -2.54. The Morgan fingerprint density at radius 1 is 0.947 bits per heavy atom. The standard InChI is InChI=1S/C29H27N7OS/c1-18-16-36(17-19(2)31-18)25-15-24(32-26(35-25)20-9-4-3-5-10-20)27(37)33-22-12-7-6-11-21(22)28-34-23-13-8-14-30-29(23)38-28/h3-15,18-19,31H,16-17H2,1-2H3,(H,33,37)/t18-,19+. The van der Waals surface area contributed by atoms with Crippen molar-refractivity contribution in [2.45, 2.75) is 25.9 Å². The fourth-order valence-corrected chi connectivity index (χ4v) is 5.74. The lowest BCUT2D eigenvalue weighted by Gasteiger charge is -2.37. The Morgan fingerprint density at radius 2 is 1.71 bits per heavy atom. The van der Waals surface area contributed by atoms with Gasteiger partial charge in [-0.2, -0.15) is 0 Å². The summed E-state index contributed by atoms with van der Waals surface area (Å²) in [5.74, 6) is 0.973. The summed E-state index contributed by atoms with van der Waals surface area (Å²) in [7, 11) is 0. The van der Waals surface area contributed by atoms with Crippen molar-refractivity contribution in [3.8, 4) is 22.0 Å². The van der Waals surface area contributed by atoms with Gasteiger partial charge < -0.3 is 15.5 Å². The van der Waals surface area contributed by atoms with E-state index in [-0.39, 0.29) is 5.91 Å². The number of piperazine rings is 1. The number of carbonyl (C=O) groups is 1. The zero-order valence-electron chi connectivity index (χ0n) is 21.1. The van der Waals surface area contributed by atoms with Crippen molar-refractivity contribution in [3.05, 3.63) is 84.7 Å². The maximum Gasteiger partial charge on any atom is 0.274 e. The van der Waals surface area contributed by atoms with Crippen molar-refractivity contribution in [2.75, 3.05) is 23.3 Å². The van der Waals surface area contributed by atoms with Gasteiger partial charge in [-0.05, 0) is 38.1 Å². The summed E-state index contributed by atoms with van der Waals surface area (Å²) in [4.78, 5) is 35.4. The van der Waals surface area contributed by atoms with Crippen LogP contribution in [0.15, 0.2) is 79.0 Å². The number of hydrogen-bond donors (Lipinski definition) is 2. The molecule has 9 heteroatoms. The van der Waals surface area contributed by atoms with E-state index in [4.69, 9.17) is 9.97 Å². The fourth-order valence-electron chi connectivity index (χ4n) is 4.79. The predicted octanol–water partition coefficient (Wildman–Crippen LogP) is 5.25. The molecule has 0 radical (unpaired) electrons. The molecule has 1 aliphatic rings. The van der Waals surface area contributed by atoms with Crippen molar-refractivity contribution < 1.29 is 4.79 Å². The summed E-state index contributed by atoms with van der Waals surface area (Å²) in [6.45, 7) is 5.91. The van der Waals surface area contributed by atoms with Crippen LogP contribution in [0.1, 0.15) is 24.3 Å². The average molecular weight is 522 g/mol. The molecule has 4 heterocycles. The largest absolute Gasteiger partial charge is 0.353 e. The van der Waals surface area contributed by atoms with Crippen LogP contribution in [0.2, 0.25) is 0 Å². The number of hydrogen-bond acceptors (Lipinski definition) is 8. The lowest BCUT2D eigenvalue weighted by atomic mass is 10.1. The second kappa shape index (κ2) is 10.3. The van der Waals surface area contributed by atoms with Crippen molar-refractivity contribution >= 4 is 39.1 Å². The smallest absolute Gasteiger partial charge is 0.274 e. The molecule has 0 unspecified atom stereocenters. The molecule has 1 saturated heterocycles. The molecule has 0 saturated carbocycles. The van der Waals surface area contributed by atoms with Gasteiger partial charge in [0.05, 0.1) is 5.69 Å². The highest BCUT2D eigenvalue weighted by atomic mass is 32.1. The molecule has 3 aromatic heterocycles. The number of aromatic nitrogens is 4. The highest BCUT2D eigenvalue weighted by Gasteiger charge is 2.24. The molecule has 38 heavy (non-hydrogen) atoms. The van der Waals surface area contributed by atoms with Crippen LogP contribution < -0.4 is 15.5 Å². The Hall–Kier alpha value is -4.21. The normalized spacial score (nSPS) is 17.5. The monoisotopic (exact) mass is 521 g/mol. The molecule has 1 aliphatic heterocycles. The number of amides is 1. The summed E-state index contributed by atoms with van der Waals surface area (Å²) in [6.07, 6.45) is 1.76. The maximum atomic E-state index is 13.7. The topological polar surface area (TPSA) is 95.9 Å². The number of anilines is 2. The second-order valence-corrected chi connectivity index (χ2v) is 10.5. The summed E-state index contributed by atoms with van der Waals surface area (Å²) in [6, 6.07) is 23.7. The molecule has 6 rings (SSSR count). The first-order valence-electron chi connectivity index (χ1n) is 12.6. The van der Waals surface area contributed by atoms with Crippen LogP contribution >= 0.6 is 11.3 Å². The Bertz CT molecular complexity index is 1560. The van der Waals surface area contributed by atoms with Crippen molar-refractivity contribution in [3.63, 3.8) is 0 Å². The van der Waals surface area contributed by atoms with Crippen LogP contribution in [0, 0.1) is 0 Å². The van der Waals surface area contributed by atoms with Gasteiger partial charge in [-0.3, -0.25) is 4.79 Å². The van der Waals surface area contributed by atoms with Gasteiger partial charge >= 0.3 is 0 Å². The summed E-state index contributed by atoms with van der Waals surface area (Å²) in [5, 5.41) is 7.43. The molecular weight excluding hydrogens is 494 g/mol. The number of fused-ring (bicyclic) bond motifs is 1. The van der Waals surface area contributed by atoms with E-state index in [0.29, 0.717) is 29.3 Å². The SMILES string of the molecule is C[C@@H]1CN(c2cc(C(=O)Nc3ccccc3-c3nc4cccnc4s3)nc(-c3ccccc3)n2)C[C@H](C)N1. The summed E-state index contributed by atoms with van der Waals surface area (Å²) >= 11 is 1.50. The first-order chi connectivity index (χ1) is 18.5. The van der Waals surface area contributed by atoms with E-state index in [2.05, 4.69) is 39.3 Å².